The van der Waals surface area contributed by atoms with Gasteiger partial charge in [0.15, 0.2) is 6.29 Å². The SMILES string of the molecule is O=c1ccn([C@H]2CC[C@@H](C(O)OP(=O)(O)O)O2)c(=O)[nH]1. The summed E-state index contributed by atoms with van der Waals surface area (Å²) < 4.78 is 21.1. The number of hydrogen-bond donors (Lipinski definition) is 4. The van der Waals surface area contributed by atoms with E-state index in [1.165, 1.54) is 6.20 Å². The largest absolute Gasteiger partial charge is 0.472 e. The van der Waals surface area contributed by atoms with Crippen LogP contribution in [0.5, 0.6) is 0 Å². The molecule has 0 radical (unpaired) electrons. The van der Waals surface area contributed by atoms with Gasteiger partial charge in [0.25, 0.3) is 5.56 Å². The maximum absolute atomic E-state index is 11.5. The predicted molar refractivity (Wildman–Crippen MR) is 63.6 cm³/mol. The number of aliphatic hydroxyl groups excluding tert-OH is 1. The molecule has 20 heavy (non-hydrogen) atoms. The summed E-state index contributed by atoms with van der Waals surface area (Å²) in [6.07, 6.45) is -1.75. The molecule has 1 aromatic heterocycles. The lowest BCUT2D eigenvalue weighted by Gasteiger charge is -2.20. The van der Waals surface area contributed by atoms with Crippen LogP contribution in [0.3, 0.4) is 0 Å². The molecule has 2 rings (SSSR count). The molecule has 0 spiro atoms. The molecule has 1 aromatic rings. The third-order valence-corrected chi connectivity index (χ3v) is 3.25. The van der Waals surface area contributed by atoms with E-state index in [0.717, 1.165) is 10.6 Å². The highest BCUT2D eigenvalue weighted by Crippen LogP contribution is 2.40. The molecule has 0 amide bonds. The minimum Gasteiger partial charge on any atom is -0.365 e. The van der Waals surface area contributed by atoms with Crippen LogP contribution in [0.4, 0.5) is 0 Å². The number of H-pyrrole nitrogens is 1. The molecule has 10 nitrogen and oxygen atoms in total. The Hall–Kier alpha value is -1.29. The standard InChI is InChI=1S/C9H13N2O8P/c12-6-3-4-11(9(14)10-6)7-2-1-5(18-7)8(13)19-20(15,16)17/h3-5,7-8,13H,1-2H2,(H,10,12,14)(H2,15,16,17)/t5-,7+,8?/m0/s1. The normalized spacial score (nSPS) is 24.8. The van der Waals surface area contributed by atoms with Crippen molar-refractivity contribution >= 4 is 7.82 Å². The summed E-state index contributed by atoms with van der Waals surface area (Å²) in [5.41, 5.74) is -1.22. The Balaban J connectivity index is 2.07. The summed E-state index contributed by atoms with van der Waals surface area (Å²) in [5.74, 6) is 0. The van der Waals surface area contributed by atoms with Gasteiger partial charge in [-0.1, -0.05) is 0 Å². The highest BCUT2D eigenvalue weighted by Gasteiger charge is 2.35. The molecule has 1 saturated heterocycles. The van der Waals surface area contributed by atoms with Gasteiger partial charge in [-0.25, -0.2) is 9.36 Å². The average molecular weight is 308 g/mol. The number of aliphatic hydroxyl groups is 1. The van der Waals surface area contributed by atoms with Crippen molar-refractivity contribution in [1.82, 2.24) is 9.55 Å². The quantitative estimate of drug-likeness (QED) is 0.393. The zero-order chi connectivity index (χ0) is 14.9. The van der Waals surface area contributed by atoms with E-state index in [1.54, 1.807) is 0 Å². The Morgan fingerprint density at radius 1 is 1.45 bits per heavy atom. The molecule has 0 bridgehead atoms. The lowest BCUT2D eigenvalue weighted by atomic mass is 10.2. The van der Waals surface area contributed by atoms with E-state index in [1.807, 2.05) is 0 Å². The van der Waals surface area contributed by atoms with Crippen LogP contribution >= 0.6 is 7.82 Å². The van der Waals surface area contributed by atoms with Crippen LogP contribution in [0.25, 0.3) is 0 Å². The van der Waals surface area contributed by atoms with E-state index < -0.39 is 37.7 Å². The summed E-state index contributed by atoms with van der Waals surface area (Å²) in [6, 6.07) is 1.14. The first kappa shape index (κ1) is 15.1. The van der Waals surface area contributed by atoms with Gasteiger partial charge in [0.05, 0.1) is 0 Å². The van der Waals surface area contributed by atoms with Crippen molar-refractivity contribution < 1.29 is 28.7 Å². The Labute approximate surface area is 111 Å². The van der Waals surface area contributed by atoms with E-state index in [4.69, 9.17) is 14.5 Å². The third kappa shape index (κ3) is 3.63. The highest BCUT2D eigenvalue weighted by atomic mass is 31.2. The van der Waals surface area contributed by atoms with Gasteiger partial charge in [-0.3, -0.25) is 18.9 Å². The maximum Gasteiger partial charge on any atom is 0.472 e. The number of nitrogens with zero attached hydrogens (tertiary/aromatic N) is 1. The molecule has 1 aliphatic heterocycles. The van der Waals surface area contributed by atoms with Crippen LogP contribution in [-0.2, 0) is 13.8 Å². The van der Waals surface area contributed by atoms with Crippen molar-refractivity contribution in [2.75, 3.05) is 0 Å². The Morgan fingerprint density at radius 2 is 2.15 bits per heavy atom. The Morgan fingerprint density at radius 3 is 2.75 bits per heavy atom. The van der Waals surface area contributed by atoms with Crippen molar-refractivity contribution in [1.29, 1.82) is 0 Å². The van der Waals surface area contributed by atoms with Crippen LogP contribution in [0.1, 0.15) is 19.1 Å². The lowest BCUT2D eigenvalue weighted by molar-refractivity contribution is -0.144. The van der Waals surface area contributed by atoms with Crippen molar-refractivity contribution in [2.24, 2.45) is 0 Å². The maximum atomic E-state index is 11.5. The molecule has 4 N–H and O–H groups in total. The van der Waals surface area contributed by atoms with Gasteiger partial charge in [0.2, 0.25) is 0 Å². The van der Waals surface area contributed by atoms with Gasteiger partial charge in [-0.2, -0.15) is 0 Å². The Kier molecular flexibility index (Phi) is 4.23. The molecule has 11 heteroatoms. The van der Waals surface area contributed by atoms with Gasteiger partial charge in [0, 0.05) is 12.3 Å². The summed E-state index contributed by atoms with van der Waals surface area (Å²) in [4.78, 5) is 41.7. The van der Waals surface area contributed by atoms with Crippen molar-refractivity contribution in [2.45, 2.75) is 31.5 Å². The topological polar surface area (TPSA) is 151 Å². The molecule has 1 unspecified atom stereocenters. The first-order valence-corrected chi connectivity index (χ1v) is 7.18. The minimum atomic E-state index is -4.83. The fourth-order valence-corrected chi connectivity index (χ4v) is 2.34. The van der Waals surface area contributed by atoms with E-state index in [-0.39, 0.29) is 6.42 Å². The molecule has 0 saturated carbocycles. The minimum absolute atomic E-state index is 0.234. The van der Waals surface area contributed by atoms with E-state index in [0.29, 0.717) is 6.42 Å². The molecule has 112 valence electrons. The van der Waals surface area contributed by atoms with E-state index in [2.05, 4.69) is 9.51 Å². The number of rotatable bonds is 4. The summed E-state index contributed by atoms with van der Waals surface area (Å²) in [6.45, 7) is 0. The number of aromatic nitrogens is 2. The highest BCUT2D eigenvalue weighted by molar-refractivity contribution is 7.46. The summed E-state index contributed by atoms with van der Waals surface area (Å²) in [5, 5.41) is 9.48. The second-order valence-corrected chi connectivity index (χ2v) is 5.40. The molecule has 0 aliphatic carbocycles. The number of phosphoric acid groups is 1. The van der Waals surface area contributed by atoms with Crippen LogP contribution in [0, 0.1) is 0 Å². The lowest BCUT2D eigenvalue weighted by Crippen LogP contribution is -2.33. The number of phosphoric ester groups is 1. The van der Waals surface area contributed by atoms with E-state index in [9.17, 15) is 19.3 Å². The zero-order valence-electron chi connectivity index (χ0n) is 10.1. The van der Waals surface area contributed by atoms with Crippen LogP contribution in [0.15, 0.2) is 21.9 Å². The fourth-order valence-electron chi connectivity index (χ4n) is 1.92. The molecule has 2 heterocycles. The van der Waals surface area contributed by atoms with Gasteiger partial charge in [-0.15, -0.1) is 0 Å². The molecule has 3 atom stereocenters. The van der Waals surface area contributed by atoms with Crippen LogP contribution < -0.4 is 11.2 Å². The van der Waals surface area contributed by atoms with Gasteiger partial charge in [0.1, 0.15) is 12.3 Å². The number of aromatic amines is 1. The predicted octanol–water partition coefficient (Wildman–Crippen LogP) is -1.36. The van der Waals surface area contributed by atoms with Crippen LogP contribution in [-0.4, -0.2) is 36.8 Å². The van der Waals surface area contributed by atoms with Gasteiger partial charge < -0.3 is 19.6 Å². The first-order valence-electron chi connectivity index (χ1n) is 5.65. The summed E-state index contributed by atoms with van der Waals surface area (Å²) >= 11 is 0. The Bertz CT molecular complexity index is 633. The molecule has 1 fully saturated rings. The van der Waals surface area contributed by atoms with Gasteiger partial charge in [-0.05, 0) is 12.8 Å². The number of ether oxygens (including phenoxy) is 1. The average Bonchev–Trinajstić information content (AvgIpc) is 2.75. The monoisotopic (exact) mass is 308 g/mol. The number of hydrogen-bond acceptors (Lipinski definition) is 6. The number of nitrogens with one attached hydrogen (secondary N) is 1. The molecular weight excluding hydrogens is 295 g/mol. The smallest absolute Gasteiger partial charge is 0.365 e. The first-order chi connectivity index (χ1) is 9.26. The molecule has 1 aliphatic rings. The van der Waals surface area contributed by atoms with Crippen molar-refractivity contribution in [3.05, 3.63) is 33.1 Å². The molecular formula is C9H13N2O8P. The van der Waals surface area contributed by atoms with Gasteiger partial charge >= 0.3 is 13.5 Å². The van der Waals surface area contributed by atoms with E-state index >= 15 is 0 Å². The molecule has 0 aromatic carbocycles. The van der Waals surface area contributed by atoms with Crippen molar-refractivity contribution in [3.63, 3.8) is 0 Å². The third-order valence-electron chi connectivity index (χ3n) is 2.75. The zero-order valence-corrected chi connectivity index (χ0v) is 11.0. The van der Waals surface area contributed by atoms with Crippen molar-refractivity contribution in [3.8, 4) is 0 Å². The second-order valence-electron chi connectivity index (χ2n) is 4.21. The summed E-state index contributed by atoms with van der Waals surface area (Å²) in [7, 11) is -4.83. The van der Waals surface area contributed by atoms with Crippen LogP contribution in [0.2, 0.25) is 0 Å². The fraction of sp³-hybridized carbons (Fsp3) is 0.556. The second kappa shape index (κ2) is 5.60.